The topological polar surface area (TPSA) is 51.8 Å². The van der Waals surface area contributed by atoms with Gasteiger partial charge in [-0.25, -0.2) is 4.98 Å². The highest BCUT2D eigenvalue weighted by Gasteiger charge is 2.41. The fourth-order valence-electron chi connectivity index (χ4n) is 6.26. The highest BCUT2D eigenvalue weighted by molar-refractivity contribution is 5.89. The van der Waals surface area contributed by atoms with Crippen LogP contribution in [-0.4, -0.2) is 31.1 Å². The van der Waals surface area contributed by atoms with Gasteiger partial charge in [0, 0.05) is 54.1 Å². The molecule has 0 atom stereocenters. The number of pyridine rings is 1. The lowest BCUT2D eigenvalue weighted by Gasteiger charge is -2.46. The van der Waals surface area contributed by atoms with E-state index in [9.17, 15) is 0 Å². The average Bonchev–Trinajstić information content (AvgIpc) is 3.35. The van der Waals surface area contributed by atoms with E-state index in [0.717, 1.165) is 59.1 Å². The second kappa shape index (κ2) is 6.56. The van der Waals surface area contributed by atoms with Crippen LogP contribution in [0.3, 0.4) is 0 Å². The predicted molar refractivity (Wildman–Crippen MR) is 119 cm³/mol. The number of aryl methyl sites for hydroxylation is 3. The summed E-state index contributed by atoms with van der Waals surface area (Å²) in [5, 5.41) is 9.99. The third-order valence-corrected chi connectivity index (χ3v) is 8.06. The minimum atomic E-state index is -2.34. The maximum atomic E-state index is 7.79. The predicted octanol–water partition coefficient (Wildman–Crippen LogP) is 4.31. The van der Waals surface area contributed by atoms with Crippen LogP contribution in [0.25, 0.3) is 11.0 Å². The molecule has 0 unspecified atom stereocenters. The molecule has 1 aliphatic heterocycles. The van der Waals surface area contributed by atoms with Gasteiger partial charge in [0.05, 0.1) is 23.0 Å². The van der Waals surface area contributed by atoms with Crippen molar-refractivity contribution in [1.29, 1.82) is 0 Å². The molecule has 158 valence electrons. The summed E-state index contributed by atoms with van der Waals surface area (Å²) in [6, 6.07) is 2.05. The monoisotopic (exact) mass is 407 g/mol. The van der Waals surface area contributed by atoms with E-state index in [-0.39, 0.29) is 0 Å². The van der Waals surface area contributed by atoms with Gasteiger partial charge in [-0.05, 0) is 69.8 Å². The van der Waals surface area contributed by atoms with Gasteiger partial charge in [0.2, 0.25) is 0 Å². The molecule has 6 nitrogen and oxygen atoms in total. The summed E-state index contributed by atoms with van der Waals surface area (Å²) in [4.78, 5) is 6.85. The zero-order valence-electron chi connectivity index (χ0n) is 21.0. The highest BCUT2D eigenvalue weighted by Crippen LogP contribution is 2.51. The van der Waals surface area contributed by atoms with E-state index in [2.05, 4.69) is 32.7 Å². The minimum absolute atomic E-state index is 0.426. The molecule has 0 aromatic carbocycles. The lowest BCUT2D eigenvalue weighted by molar-refractivity contribution is 0.0439. The van der Waals surface area contributed by atoms with Crippen LogP contribution >= 0.6 is 0 Å². The normalized spacial score (nSPS) is 27.7. The number of rotatable bonds is 3. The average molecular weight is 408 g/mol. The van der Waals surface area contributed by atoms with Gasteiger partial charge in [0.1, 0.15) is 0 Å². The van der Waals surface area contributed by atoms with Crippen molar-refractivity contribution >= 4 is 16.7 Å². The second-order valence-corrected chi connectivity index (χ2v) is 9.90. The van der Waals surface area contributed by atoms with Crippen LogP contribution in [0.2, 0.25) is 0 Å². The molecule has 0 radical (unpaired) electrons. The second-order valence-electron chi connectivity index (χ2n) is 9.90. The molecule has 0 saturated heterocycles. The third kappa shape index (κ3) is 2.79. The summed E-state index contributed by atoms with van der Waals surface area (Å²) in [6.45, 7) is 4.44. The van der Waals surface area contributed by atoms with Gasteiger partial charge in [0.25, 0.3) is 0 Å². The van der Waals surface area contributed by atoms with E-state index >= 15 is 0 Å². The Balaban J connectivity index is 1.32. The molecule has 3 fully saturated rings. The Hall–Kier alpha value is -2.37. The Kier molecular flexibility index (Phi) is 3.38. The smallest absolute Gasteiger partial charge is 0.159 e. The minimum Gasteiger partial charge on any atom is -0.366 e. The molecule has 6 heteroatoms. The van der Waals surface area contributed by atoms with E-state index in [1.165, 1.54) is 49.8 Å². The molecule has 4 aliphatic rings. The van der Waals surface area contributed by atoms with Crippen LogP contribution in [-0.2, 0) is 26.5 Å². The van der Waals surface area contributed by atoms with Gasteiger partial charge in [-0.3, -0.25) is 9.36 Å². The molecule has 30 heavy (non-hydrogen) atoms. The van der Waals surface area contributed by atoms with Gasteiger partial charge in [-0.15, -0.1) is 0 Å². The first-order chi connectivity index (χ1) is 15.7. The number of hydrogen-bond acceptors (Lipinski definition) is 4. The maximum Gasteiger partial charge on any atom is 0.159 e. The van der Waals surface area contributed by atoms with E-state index < -0.39 is 6.98 Å². The molecule has 3 aromatic heterocycles. The maximum absolute atomic E-state index is 7.79. The van der Waals surface area contributed by atoms with Gasteiger partial charge in [-0.1, -0.05) is 0 Å². The molecule has 3 aliphatic carbocycles. The van der Waals surface area contributed by atoms with Crippen molar-refractivity contribution < 1.29 is 4.11 Å². The zero-order valence-corrected chi connectivity index (χ0v) is 18.0. The molecule has 0 amide bonds. The van der Waals surface area contributed by atoms with Gasteiger partial charge in [-0.2, -0.15) is 10.2 Å². The number of fused-ring (bicyclic) bond motifs is 5. The quantitative estimate of drug-likeness (QED) is 0.649. The van der Waals surface area contributed by atoms with Gasteiger partial charge >= 0.3 is 0 Å². The molecule has 2 bridgehead atoms. The number of nitrogens with zero attached hydrogens (tertiary/aromatic N) is 6. The molecular formula is C24H32N6. The van der Waals surface area contributed by atoms with Crippen molar-refractivity contribution in [2.75, 3.05) is 11.4 Å². The first-order valence-electron chi connectivity index (χ1n) is 12.9. The summed E-state index contributed by atoms with van der Waals surface area (Å²) in [5.74, 6) is 0.976. The van der Waals surface area contributed by atoms with E-state index in [1.54, 1.807) is 6.20 Å². The zero-order chi connectivity index (χ0) is 23.0. The van der Waals surface area contributed by atoms with Crippen LogP contribution < -0.4 is 4.90 Å². The molecule has 4 heterocycles. The van der Waals surface area contributed by atoms with Crippen LogP contribution in [0.15, 0.2) is 12.3 Å². The number of aromatic nitrogens is 5. The van der Waals surface area contributed by atoms with Crippen molar-refractivity contribution in [1.82, 2.24) is 24.5 Å². The fourth-order valence-corrected chi connectivity index (χ4v) is 6.26. The summed E-state index contributed by atoms with van der Waals surface area (Å²) in [5.41, 5.74) is 6.53. The van der Waals surface area contributed by atoms with Gasteiger partial charge < -0.3 is 4.90 Å². The summed E-state index contributed by atoms with van der Waals surface area (Å²) < 4.78 is 26.8. The SMILES string of the molecule is [2H]C([2H])([2H])n1ncc2c(N3CCc4c(c(C)nn4CC45CCC(CC4)CC5)C3)cc(C)nc21. The molecule has 3 aromatic rings. The Morgan fingerprint density at radius 3 is 2.77 bits per heavy atom. The first kappa shape index (κ1) is 15.4. The lowest BCUT2D eigenvalue weighted by atomic mass is 9.61. The lowest BCUT2D eigenvalue weighted by Crippen LogP contribution is -2.38. The first-order valence-corrected chi connectivity index (χ1v) is 11.4. The van der Waals surface area contributed by atoms with Crippen LogP contribution in [0.4, 0.5) is 5.69 Å². The van der Waals surface area contributed by atoms with Crippen molar-refractivity contribution in [3.63, 3.8) is 0 Å². The van der Waals surface area contributed by atoms with Crippen molar-refractivity contribution in [2.45, 2.75) is 71.9 Å². The highest BCUT2D eigenvalue weighted by atomic mass is 15.3. The Labute approximate surface area is 182 Å². The standard InChI is InChI=1S/C24H32N6/c1-16-12-22(19-13-25-28(3)23(19)26-16)29-11-7-21-20(14-29)17(2)27-30(21)15-24-8-4-18(5-9-24)6-10-24/h12-13,18H,4-11,14-15H2,1-3H3/i3D3. The number of hydrogen-bond donors (Lipinski definition) is 0. The number of anilines is 1. The molecule has 0 spiro atoms. The van der Waals surface area contributed by atoms with Crippen molar-refractivity contribution in [2.24, 2.45) is 18.3 Å². The Morgan fingerprint density at radius 1 is 1.20 bits per heavy atom. The van der Waals surface area contributed by atoms with Crippen LogP contribution in [0.1, 0.15) is 65.3 Å². The Morgan fingerprint density at radius 2 is 2.00 bits per heavy atom. The molecule has 3 saturated carbocycles. The van der Waals surface area contributed by atoms with E-state index in [0.29, 0.717) is 11.1 Å². The Bertz CT molecular complexity index is 1200. The van der Waals surface area contributed by atoms with Gasteiger partial charge in [0.15, 0.2) is 5.65 Å². The molecular weight excluding hydrogens is 372 g/mol. The van der Waals surface area contributed by atoms with Crippen molar-refractivity contribution in [3.05, 3.63) is 34.9 Å². The van der Waals surface area contributed by atoms with Crippen molar-refractivity contribution in [3.8, 4) is 0 Å². The summed E-state index contributed by atoms with van der Waals surface area (Å²) >= 11 is 0. The molecule has 7 rings (SSSR count). The van der Waals surface area contributed by atoms with E-state index in [1.807, 2.05) is 6.92 Å². The molecule has 0 N–H and O–H groups in total. The largest absolute Gasteiger partial charge is 0.366 e. The van der Waals surface area contributed by atoms with Crippen LogP contribution in [0.5, 0.6) is 0 Å². The summed E-state index contributed by atoms with van der Waals surface area (Å²) in [6.07, 6.45) is 10.9. The van der Waals surface area contributed by atoms with E-state index in [4.69, 9.17) is 9.21 Å². The fraction of sp³-hybridized carbons (Fsp3) is 0.625. The summed E-state index contributed by atoms with van der Waals surface area (Å²) in [7, 11) is 0. The van der Waals surface area contributed by atoms with Crippen LogP contribution in [0, 0.1) is 25.2 Å². The third-order valence-electron chi connectivity index (χ3n) is 8.06.